The second-order valence-electron chi connectivity index (χ2n) is 4.53. The molecule has 0 fully saturated rings. The fourth-order valence-corrected chi connectivity index (χ4v) is 1.72. The third-order valence-electron chi connectivity index (χ3n) is 2.77. The van der Waals surface area contributed by atoms with Gasteiger partial charge in [0.05, 0.1) is 13.2 Å². The van der Waals surface area contributed by atoms with Crippen molar-refractivity contribution in [1.82, 2.24) is 0 Å². The quantitative estimate of drug-likeness (QED) is 0.271. The molecule has 0 amide bonds. The summed E-state index contributed by atoms with van der Waals surface area (Å²) in [7, 11) is 0. The highest BCUT2D eigenvalue weighted by molar-refractivity contribution is 5.69. The topological polar surface area (TPSA) is 35.5 Å². The Morgan fingerprint density at radius 2 is 1.58 bits per heavy atom. The van der Waals surface area contributed by atoms with E-state index >= 15 is 0 Å². The van der Waals surface area contributed by atoms with Crippen molar-refractivity contribution >= 4 is 5.97 Å². The third kappa shape index (κ3) is 14.9. The van der Waals surface area contributed by atoms with Crippen LogP contribution in [0.5, 0.6) is 0 Å². The molecular formula is C16H28O3. The summed E-state index contributed by atoms with van der Waals surface area (Å²) in [5, 5.41) is 0. The summed E-state index contributed by atoms with van der Waals surface area (Å²) in [6, 6.07) is 0. The van der Waals surface area contributed by atoms with Gasteiger partial charge in [0, 0.05) is 6.42 Å². The van der Waals surface area contributed by atoms with Crippen molar-refractivity contribution in [1.29, 1.82) is 0 Å². The van der Waals surface area contributed by atoms with Gasteiger partial charge in [-0.15, -0.1) is 13.2 Å². The summed E-state index contributed by atoms with van der Waals surface area (Å²) in [5.41, 5.74) is 0. The van der Waals surface area contributed by atoms with Crippen molar-refractivity contribution in [2.24, 2.45) is 0 Å². The predicted molar refractivity (Wildman–Crippen MR) is 79.1 cm³/mol. The number of rotatable bonds is 14. The normalized spacial score (nSPS) is 10.1. The SMILES string of the molecule is C=CCCCCCCCCC(=O)OCCOCC=C. The number of esters is 1. The van der Waals surface area contributed by atoms with Crippen molar-refractivity contribution in [3.8, 4) is 0 Å². The van der Waals surface area contributed by atoms with Crippen molar-refractivity contribution in [3.63, 3.8) is 0 Å². The van der Waals surface area contributed by atoms with Gasteiger partial charge < -0.3 is 9.47 Å². The lowest BCUT2D eigenvalue weighted by Crippen LogP contribution is -2.10. The highest BCUT2D eigenvalue weighted by Crippen LogP contribution is 2.09. The Bertz CT molecular complexity index is 236. The maximum Gasteiger partial charge on any atom is 0.305 e. The molecule has 3 heteroatoms. The molecule has 0 aliphatic carbocycles. The van der Waals surface area contributed by atoms with Crippen LogP contribution in [0.4, 0.5) is 0 Å². The van der Waals surface area contributed by atoms with Crippen molar-refractivity contribution < 1.29 is 14.3 Å². The average molecular weight is 268 g/mol. The van der Waals surface area contributed by atoms with Gasteiger partial charge in [-0.2, -0.15) is 0 Å². The number of unbranched alkanes of at least 4 members (excludes halogenated alkanes) is 6. The van der Waals surface area contributed by atoms with Gasteiger partial charge in [-0.25, -0.2) is 0 Å². The van der Waals surface area contributed by atoms with Crippen LogP contribution in [0.25, 0.3) is 0 Å². The Morgan fingerprint density at radius 3 is 2.26 bits per heavy atom. The maximum atomic E-state index is 11.3. The molecule has 0 N–H and O–H groups in total. The summed E-state index contributed by atoms with van der Waals surface area (Å²) in [4.78, 5) is 11.3. The Balaban J connectivity index is 3.15. The van der Waals surface area contributed by atoms with Crippen LogP contribution in [0, 0.1) is 0 Å². The number of ether oxygens (including phenoxy) is 2. The summed E-state index contributed by atoms with van der Waals surface area (Å²) in [6.07, 6.45) is 12.3. The standard InChI is InChI=1S/C16H28O3/c1-3-5-6-7-8-9-10-11-12-16(17)19-15-14-18-13-4-2/h3-4H,1-2,5-15H2. The van der Waals surface area contributed by atoms with E-state index in [9.17, 15) is 4.79 Å². The molecule has 0 radical (unpaired) electrons. The zero-order chi connectivity index (χ0) is 14.2. The molecular weight excluding hydrogens is 240 g/mol. The molecule has 0 saturated carbocycles. The first-order chi connectivity index (χ1) is 9.31. The van der Waals surface area contributed by atoms with Crippen molar-refractivity contribution in [2.75, 3.05) is 19.8 Å². The fraction of sp³-hybridized carbons (Fsp3) is 0.688. The van der Waals surface area contributed by atoms with Gasteiger partial charge in [0.2, 0.25) is 0 Å². The molecule has 19 heavy (non-hydrogen) atoms. The van der Waals surface area contributed by atoms with Gasteiger partial charge in [0.1, 0.15) is 6.61 Å². The van der Waals surface area contributed by atoms with Gasteiger partial charge in [-0.3, -0.25) is 4.79 Å². The van der Waals surface area contributed by atoms with E-state index in [0.29, 0.717) is 26.2 Å². The first-order valence-electron chi connectivity index (χ1n) is 7.26. The van der Waals surface area contributed by atoms with E-state index in [-0.39, 0.29) is 5.97 Å². The summed E-state index contributed by atoms with van der Waals surface area (Å²) < 4.78 is 10.2. The minimum absolute atomic E-state index is 0.117. The number of hydrogen-bond donors (Lipinski definition) is 0. The molecule has 3 nitrogen and oxygen atoms in total. The van der Waals surface area contributed by atoms with Crippen molar-refractivity contribution in [2.45, 2.75) is 51.4 Å². The molecule has 0 heterocycles. The molecule has 0 aromatic carbocycles. The lowest BCUT2D eigenvalue weighted by molar-refractivity contribution is -0.145. The number of hydrogen-bond acceptors (Lipinski definition) is 3. The number of carbonyl (C=O) groups excluding carboxylic acids is 1. The lowest BCUT2D eigenvalue weighted by Gasteiger charge is -2.05. The van der Waals surface area contributed by atoms with E-state index in [2.05, 4.69) is 13.2 Å². The third-order valence-corrected chi connectivity index (χ3v) is 2.77. The van der Waals surface area contributed by atoms with Crippen LogP contribution >= 0.6 is 0 Å². The molecule has 0 unspecified atom stereocenters. The molecule has 0 saturated heterocycles. The second kappa shape index (κ2) is 15.0. The molecule has 0 rings (SSSR count). The van der Waals surface area contributed by atoms with Crippen LogP contribution in [-0.4, -0.2) is 25.8 Å². The van der Waals surface area contributed by atoms with Crippen molar-refractivity contribution in [3.05, 3.63) is 25.3 Å². The molecule has 0 aliphatic heterocycles. The predicted octanol–water partition coefficient (Wildman–Crippen LogP) is 4.04. The van der Waals surface area contributed by atoms with Crippen LogP contribution in [0.2, 0.25) is 0 Å². The molecule has 0 aromatic heterocycles. The molecule has 0 aromatic rings. The Labute approximate surface area is 117 Å². The summed E-state index contributed by atoms with van der Waals surface area (Å²) >= 11 is 0. The highest BCUT2D eigenvalue weighted by Gasteiger charge is 2.02. The average Bonchev–Trinajstić information content (AvgIpc) is 2.41. The number of carbonyl (C=O) groups is 1. The van der Waals surface area contributed by atoms with E-state index in [4.69, 9.17) is 9.47 Å². The van der Waals surface area contributed by atoms with Gasteiger partial charge in [0.15, 0.2) is 0 Å². The zero-order valence-electron chi connectivity index (χ0n) is 12.1. The first-order valence-corrected chi connectivity index (χ1v) is 7.26. The second-order valence-corrected chi connectivity index (χ2v) is 4.53. The lowest BCUT2D eigenvalue weighted by atomic mass is 10.1. The molecule has 0 aliphatic rings. The summed E-state index contributed by atoms with van der Waals surface area (Å²) in [5.74, 6) is -0.117. The smallest absolute Gasteiger partial charge is 0.305 e. The zero-order valence-corrected chi connectivity index (χ0v) is 12.1. The fourth-order valence-electron chi connectivity index (χ4n) is 1.72. The number of allylic oxidation sites excluding steroid dienone is 1. The monoisotopic (exact) mass is 268 g/mol. The van der Waals surface area contributed by atoms with E-state index in [1.807, 2.05) is 6.08 Å². The minimum atomic E-state index is -0.117. The first kappa shape index (κ1) is 17.9. The summed E-state index contributed by atoms with van der Waals surface area (Å²) in [6.45, 7) is 8.53. The minimum Gasteiger partial charge on any atom is -0.463 e. The van der Waals surface area contributed by atoms with Gasteiger partial charge in [-0.05, 0) is 19.3 Å². The Kier molecular flexibility index (Phi) is 14.1. The molecule has 0 spiro atoms. The molecule has 0 bridgehead atoms. The Morgan fingerprint density at radius 1 is 0.895 bits per heavy atom. The van der Waals surface area contributed by atoms with E-state index in [1.165, 1.54) is 25.7 Å². The van der Waals surface area contributed by atoms with E-state index < -0.39 is 0 Å². The maximum absolute atomic E-state index is 11.3. The largest absolute Gasteiger partial charge is 0.463 e. The van der Waals surface area contributed by atoms with Crippen LogP contribution < -0.4 is 0 Å². The van der Waals surface area contributed by atoms with Crippen LogP contribution in [-0.2, 0) is 14.3 Å². The molecule has 110 valence electrons. The van der Waals surface area contributed by atoms with E-state index in [0.717, 1.165) is 19.3 Å². The van der Waals surface area contributed by atoms with Crippen LogP contribution in [0.1, 0.15) is 51.4 Å². The highest BCUT2D eigenvalue weighted by atomic mass is 16.6. The molecule has 0 atom stereocenters. The van der Waals surface area contributed by atoms with Crippen LogP contribution in [0.3, 0.4) is 0 Å². The van der Waals surface area contributed by atoms with Crippen LogP contribution in [0.15, 0.2) is 25.3 Å². The van der Waals surface area contributed by atoms with Gasteiger partial charge >= 0.3 is 5.97 Å². The Hall–Kier alpha value is -1.09. The van der Waals surface area contributed by atoms with Gasteiger partial charge in [-0.1, -0.05) is 37.8 Å². The van der Waals surface area contributed by atoms with Gasteiger partial charge in [0.25, 0.3) is 0 Å². The van der Waals surface area contributed by atoms with E-state index in [1.54, 1.807) is 6.08 Å².